The van der Waals surface area contributed by atoms with Gasteiger partial charge in [0.25, 0.3) is 0 Å². The van der Waals surface area contributed by atoms with E-state index in [1.54, 1.807) is 11.8 Å². The van der Waals surface area contributed by atoms with Gasteiger partial charge in [0.05, 0.1) is 5.41 Å². The normalized spacial score (nSPS) is 11.4. The van der Waals surface area contributed by atoms with Crippen molar-refractivity contribution in [1.29, 1.82) is 0 Å². The van der Waals surface area contributed by atoms with E-state index in [9.17, 15) is 4.79 Å². The van der Waals surface area contributed by atoms with Crippen LogP contribution in [0.25, 0.3) is 0 Å². The molecule has 0 rings (SSSR count). The minimum atomic E-state index is -0.349. The molecule has 0 atom stereocenters. The van der Waals surface area contributed by atoms with Crippen LogP contribution in [0.4, 0.5) is 0 Å². The molecule has 84 valence electrons. The van der Waals surface area contributed by atoms with Crippen LogP contribution >= 0.6 is 11.8 Å². The average molecular weight is 218 g/mol. The Morgan fingerprint density at radius 3 is 2.36 bits per heavy atom. The smallest absolute Gasteiger partial charge is 0.227 e. The Hall–Kier alpha value is -0.220. The molecule has 0 aromatic rings. The molecule has 4 heteroatoms. The van der Waals surface area contributed by atoms with Crippen LogP contribution in [0.5, 0.6) is 0 Å². The number of hydrogen-bond acceptors (Lipinski definition) is 3. The topological polar surface area (TPSA) is 55.1 Å². The lowest BCUT2D eigenvalue weighted by Gasteiger charge is -2.28. The van der Waals surface area contributed by atoms with Gasteiger partial charge in [0, 0.05) is 18.8 Å². The number of hydrogen-bond donors (Lipinski definition) is 2. The second-order valence-corrected chi connectivity index (χ2v) is 4.43. The van der Waals surface area contributed by atoms with Crippen LogP contribution in [0.15, 0.2) is 0 Å². The number of amides is 1. The van der Waals surface area contributed by atoms with Crippen LogP contribution in [0.3, 0.4) is 0 Å². The van der Waals surface area contributed by atoms with Crippen molar-refractivity contribution in [2.45, 2.75) is 26.7 Å². The third-order valence-electron chi connectivity index (χ3n) is 2.82. The molecule has 0 radical (unpaired) electrons. The standard InChI is InChI=1S/C10H22N2OS/c1-4-10(5-2,8-11)9(13)12-6-7-14-3/h4-8,11H2,1-3H3,(H,12,13). The van der Waals surface area contributed by atoms with Crippen molar-refractivity contribution in [2.75, 3.05) is 25.1 Å². The summed E-state index contributed by atoms with van der Waals surface area (Å²) in [5.74, 6) is 1.07. The van der Waals surface area contributed by atoms with E-state index >= 15 is 0 Å². The Labute approximate surface area is 91.2 Å². The van der Waals surface area contributed by atoms with Crippen molar-refractivity contribution in [3.05, 3.63) is 0 Å². The van der Waals surface area contributed by atoms with Crippen LogP contribution in [0.1, 0.15) is 26.7 Å². The van der Waals surface area contributed by atoms with Crippen LogP contribution in [-0.2, 0) is 4.79 Å². The quantitative estimate of drug-likeness (QED) is 0.632. The Kier molecular flexibility index (Phi) is 7.01. The van der Waals surface area contributed by atoms with Gasteiger partial charge in [0.1, 0.15) is 0 Å². The molecule has 0 unspecified atom stereocenters. The lowest BCUT2D eigenvalue weighted by atomic mass is 9.81. The zero-order valence-electron chi connectivity index (χ0n) is 9.43. The van der Waals surface area contributed by atoms with Gasteiger partial charge >= 0.3 is 0 Å². The fourth-order valence-electron chi connectivity index (χ4n) is 1.41. The fraction of sp³-hybridized carbons (Fsp3) is 0.900. The van der Waals surface area contributed by atoms with E-state index in [0.29, 0.717) is 6.54 Å². The predicted molar refractivity (Wildman–Crippen MR) is 63.5 cm³/mol. The van der Waals surface area contributed by atoms with E-state index in [0.717, 1.165) is 25.1 Å². The first-order valence-electron chi connectivity index (χ1n) is 5.14. The van der Waals surface area contributed by atoms with Gasteiger partial charge < -0.3 is 11.1 Å². The monoisotopic (exact) mass is 218 g/mol. The molecule has 14 heavy (non-hydrogen) atoms. The summed E-state index contributed by atoms with van der Waals surface area (Å²) < 4.78 is 0. The van der Waals surface area contributed by atoms with E-state index in [4.69, 9.17) is 5.73 Å². The maximum absolute atomic E-state index is 11.8. The Bertz CT molecular complexity index is 161. The number of carbonyl (C=O) groups excluding carboxylic acids is 1. The third kappa shape index (κ3) is 3.50. The third-order valence-corrected chi connectivity index (χ3v) is 3.43. The van der Waals surface area contributed by atoms with E-state index in [1.165, 1.54) is 0 Å². The molecule has 0 saturated heterocycles. The highest BCUT2D eigenvalue weighted by Gasteiger charge is 2.32. The second-order valence-electron chi connectivity index (χ2n) is 3.44. The molecule has 0 aliphatic rings. The highest BCUT2D eigenvalue weighted by molar-refractivity contribution is 7.98. The number of nitrogens with two attached hydrogens (primary N) is 1. The molecule has 0 heterocycles. The molecule has 0 saturated carbocycles. The van der Waals surface area contributed by atoms with Gasteiger partial charge in [-0.25, -0.2) is 0 Å². The van der Waals surface area contributed by atoms with Gasteiger partial charge in [-0.3, -0.25) is 4.79 Å². The van der Waals surface area contributed by atoms with Crippen LogP contribution in [-0.4, -0.2) is 31.0 Å². The van der Waals surface area contributed by atoms with Crippen molar-refractivity contribution in [1.82, 2.24) is 5.32 Å². The van der Waals surface area contributed by atoms with Gasteiger partial charge in [0.15, 0.2) is 0 Å². The number of carbonyl (C=O) groups is 1. The van der Waals surface area contributed by atoms with Crippen molar-refractivity contribution >= 4 is 17.7 Å². The van der Waals surface area contributed by atoms with Crippen molar-refractivity contribution in [2.24, 2.45) is 11.1 Å². The zero-order valence-corrected chi connectivity index (χ0v) is 10.2. The number of rotatable bonds is 7. The maximum Gasteiger partial charge on any atom is 0.227 e. The predicted octanol–water partition coefficient (Wildman–Crippen LogP) is 1.23. The van der Waals surface area contributed by atoms with Gasteiger partial charge in [-0.15, -0.1) is 0 Å². The lowest BCUT2D eigenvalue weighted by Crippen LogP contribution is -2.45. The number of thioether (sulfide) groups is 1. The molecular formula is C10H22N2OS. The molecule has 3 nitrogen and oxygen atoms in total. The highest BCUT2D eigenvalue weighted by Crippen LogP contribution is 2.24. The summed E-state index contributed by atoms with van der Waals surface area (Å²) >= 11 is 1.73. The Balaban J connectivity index is 4.15. The van der Waals surface area contributed by atoms with Gasteiger partial charge in [-0.05, 0) is 19.1 Å². The highest BCUT2D eigenvalue weighted by atomic mass is 32.2. The molecule has 0 aromatic heterocycles. The lowest BCUT2D eigenvalue weighted by molar-refractivity contribution is -0.130. The van der Waals surface area contributed by atoms with Gasteiger partial charge in [0.2, 0.25) is 5.91 Å². The van der Waals surface area contributed by atoms with Crippen molar-refractivity contribution in [3.63, 3.8) is 0 Å². The summed E-state index contributed by atoms with van der Waals surface area (Å²) in [7, 11) is 0. The van der Waals surface area contributed by atoms with E-state index in [1.807, 2.05) is 20.1 Å². The Morgan fingerprint density at radius 2 is 2.00 bits per heavy atom. The minimum absolute atomic E-state index is 0.110. The summed E-state index contributed by atoms with van der Waals surface area (Å²) in [4.78, 5) is 11.8. The van der Waals surface area contributed by atoms with Crippen LogP contribution in [0.2, 0.25) is 0 Å². The van der Waals surface area contributed by atoms with E-state index < -0.39 is 0 Å². The summed E-state index contributed by atoms with van der Waals surface area (Å²) in [6.45, 7) is 5.21. The van der Waals surface area contributed by atoms with Crippen molar-refractivity contribution in [3.8, 4) is 0 Å². The molecule has 0 bridgehead atoms. The molecular weight excluding hydrogens is 196 g/mol. The maximum atomic E-state index is 11.8. The number of nitrogens with one attached hydrogen (secondary N) is 1. The first-order chi connectivity index (χ1) is 6.66. The summed E-state index contributed by atoms with van der Waals surface area (Å²) in [6.07, 6.45) is 3.65. The zero-order chi connectivity index (χ0) is 11.0. The van der Waals surface area contributed by atoms with Gasteiger partial charge in [-0.1, -0.05) is 13.8 Å². The van der Waals surface area contributed by atoms with Gasteiger partial charge in [-0.2, -0.15) is 11.8 Å². The summed E-state index contributed by atoms with van der Waals surface area (Å²) in [6, 6.07) is 0. The molecule has 0 fully saturated rings. The van der Waals surface area contributed by atoms with Crippen LogP contribution < -0.4 is 11.1 Å². The largest absolute Gasteiger partial charge is 0.355 e. The molecule has 0 aromatic carbocycles. The Morgan fingerprint density at radius 1 is 1.43 bits per heavy atom. The molecule has 0 spiro atoms. The minimum Gasteiger partial charge on any atom is -0.355 e. The summed E-state index contributed by atoms with van der Waals surface area (Å²) in [5, 5.41) is 2.94. The molecule has 3 N–H and O–H groups in total. The molecule has 0 aliphatic heterocycles. The molecule has 1 amide bonds. The van der Waals surface area contributed by atoms with Crippen LogP contribution in [0, 0.1) is 5.41 Å². The molecule has 0 aliphatic carbocycles. The summed E-state index contributed by atoms with van der Waals surface area (Å²) in [5.41, 5.74) is 5.32. The fourth-order valence-corrected chi connectivity index (χ4v) is 1.71. The first kappa shape index (κ1) is 13.8. The average Bonchev–Trinajstić information content (AvgIpc) is 2.22. The first-order valence-corrected chi connectivity index (χ1v) is 6.53. The van der Waals surface area contributed by atoms with Crippen molar-refractivity contribution < 1.29 is 4.79 Å². The SMILES string of the molecule is CCC(CC)(CN)C(=O)NCCSC. The van der Waals surface area contributed by atoms with E-state index in [-0.39, 0.29) is 11.3 Å². The van der Waals surface area contributed by atoms with E-state index in [2.05, 4.69) is 5.32 Å². The second kappa shape index (κ2) is 7.12.